The van der Waals surface area contributed by atoms with E-state index in [9.17, 15) is 0 Å². The lowest BCUT2D eigenvalue weighted by Gasteiger charge is -2.16. The van der Waals surface area contributed by atoms with Crippen molar-refractivity contribution in [3.8, 4) is 0 Å². The van der Waals surface area contributed by atoms with E-state index >= 15 is 0 Å². The lowest BCUT2D eigenvalue weighted by Crippen LogP contribution is -2.15. The average Bonchev–Trinajstić information content (AvgIpc) is 3.39. The molecule has 0 N–H and O–H groups in total. The van der Waals surface area contributed by atoms with Gasteiger partial charge in [0.15, 0.2) is 5.82 Å². The minimum atomic E-state index is 0.00819. The van der Waals surface area contributed by atoms with Gasteiger partial charge >= 0.3 is 0 Å². The molecule has 6 aromatic rings. The number of rotatable bonds is 0. The van der Waals surface area contributed by atoms with Crippen molar-refractivity contribution >= 4 is 0 Å². The van der Waals surface area contributed by atoms with E-state index in [0.29, 0.717) is 0 Å². The molecule has 0 amide bonds. The van der Waals surface area contributed by atoms with Crippen LogP contribution in [0.4, 0.5) is 0 Å². The fourth-order valence-electron chi connectivity index (χ4n) is 3.70. The Kier molecular flexibility index (Phi) is 47.2. The van der Waals surface area contributed by atoms with Gasteiger partial charge in [-0.25, -0.2) is 29.9 Å². The molecule has 6 aromatic heterocycles. The Morgan fingerprint density at radius 2 is 0.764 bits per heavy atom. The molecule has 0 aliphatic heterocycles. The van der Waals surface area contributed by atoms with E-state index in [2.05, 4.69) is 216 Å². The zero-order valence-corrected chi connectivity index (χ0v) is 51.0. The SMILES string of the molecule is CC.CC.CC.CC.CC.CC.CC(C)(C)c1ccnnn1.CC(C)(C)c1cncnn1.CC(C)(C)c1cnncn1.CC(C)(C)c1cnnnc1.CC(C)(C)c1nccnn1.CC(C)(C)c1ncncn1. The van der Waals surface area contributed by atoms with Gasteiger partial charge in [-0.1, -0.05) is 208 Å². The first kappa shape index (κ1) is 77.5. The van der Waals surface area contributed by atoms with Crippen LogP contribution in [0.2, 0.25) is 0 Å². The van der Waals surface area contributed by atoms with E-state index in [1.807, 2.05) is 89.2 Å². The summed E-state index contributed by atoms with van der Waals surface area (Å²) in [5.74, 6) is 1.62. The van der Waals surface area contributed by atoms with Gasteiger partial charge in [-0.3, -0.25) is 0 Å². The van der Waals surface area contributed by atoms with Gasteiger partial charge in [0.05, 0.1) is 54.3 Å². The molecule has 0 fully saturated rings. The van der Waals surface area contributed by atoms with Gasteiger partial charge in [0, 0.05) is 33.3 Å². The fraction of sp³-hybridized carbons (Fsp3) is 0.667. The topological polar surface area (TPSA) is 232 Å². The van der Waals surface area contributed by atoms with Crippen molar-refractivity contribution in [2.24, 2.45) is 0 Å². The summed E-state index contributed by atoms with van der Waals surface area (Å²) in [4.78, 5) is 23.8. The monoisotopic (exact) mass is 1000 g/mol. The summed E-state index contributed by atoms with van der Waals surface area (Å²) in [5, 5.41) is 44.5. The maximum absolute atomic E-state index is 4.08. The molecule has 0 atom stereocenters. The second kappa shape index (κ2) is 43.8. The van der Waals surface area contributed by atoms with Crippen LogP contribution in [0, 0.1) is 0 Å². The molecule has 0 aliphatic rings. The van der Waals surface area contributed by atoms with Gasteiger partial charge in [0.2, 0.25) is 0 Å². The Hall–Kier alpha value is -5.94. The van der Waals surface area contributed by atoms with Gasteiger partial charge in [0.1, 0.15) is 31.1 Å². The molecule has 0 spiro atoms. The van der Waals surface area contributed by atoms with Crippen molar-refractivity contribution in [2.75, 3.05) is 0 Å². The predicted octanol–water partition coefficient (Wildman–Crippen LogP) is 13.2. The molecule has 18 nitrogen and oxygen atoms in total. The Balaban J connectivity index is -0.000000174. The van der Waals surface area contributed by atoms with E-state index in [0.717, 1.165) is 34.3 Å². The molecule has 0 aliphatic carbocycles. The van der Waals surface area contributed by atoms with Crippen LogP contribution in [0.1, 0.15) is 242 Å². The average molecular weight is 1000 g/mol. The van der Waals surface area contributed by atoms with Crippen LogP contribution in [-0.4, -0.2) is 91.3 Å². The van der Waals surface area contributed by atoms with Crippen molar-refractivity contribution in [2.45, 2.75) is 240 Å². The van der Waals surface area contributed by atoms with Crippen LogP contribution in [0.15, 0.2) is 74.8 Å². The molecule has 72 heavy (non-hydrogen) atoms. The molecule has 0 bridgehead atoms. The first-order valence-electron chi connectivity index (χ1n) is 25.4. The maximum atomic E-state index is 4.08. The lowest BCUT2D eigenvalue weighted by atomic mass is 9.90. The summed E-state index contributed by atoms with van der Waals surface area (Å²) in [6.45, 7) is 61.6. The van der Waals surface area contributed by atoms with Crippen molar-refractivity contribution in [3.05, 3.63) is 109 Å². The van der Waals surface area contributed by atoms with E-state index in [4.69, 9.17) is 0 Å². The van der Waals surface area contributed by atoms with Crippen LogP contribution >= 0.6 is 0 Å². The quantitative estimate of drug-likeness (QED) is 0.138. The summed E-state index contributed by atoms with van der Waals surface area (Å²) in [5.41, 5.74) is 4.37. The summed E-state index contributed by atoms with van der Waals surface area (Å²) < 4.78 is 0. The molecule has 0 saturated heterocycles. The number of hydrogen-bond acceptors (Lipinski definition) is 18. The second-order valence-electron chi connectivity index (χ2n) is 19.5. The van der Waals surface area contributed by atoms with E-state index in [1.54, 1.807) is 43.4 Å². The standard InChI is InChI=1S/6C7H11N3.6C2H6/c1-7(2,3)6-9-4-8-5-10-6;1-7(2,3)6-4-9-10-5-8-6;1-7(2,3)6-4-8-5-9-10-6;1-7(2,3)6-4-8-10-9-5-6;1-7(2,3)6-8-4-5-9-10-6;1-7(2,3)6-4-5-8-10-9-6;6*1-2/h6*4-5H,1-3H3;6*1-2H3. The van der Waals surface area contributed by atoms with E-state index in [1.165, 1.54) is 25.3 Å². The van der Waals surface area contributed by atoms with E-state index < -0.39 is 0 Å². The highest BCUT2D eigenvalue weighted by atomic mass is 15.3. The van der Waals surface area contributed by atoms with Gasteiger partial charge in [-0.05, 0) is 27.5 Å². The smallest absolute Gasteiger partial charge is 0.156 e. The zero-order valence-electron chi connectivity index (χ0n) is 51.0. The Morgan fingerprint density at radius 3 is 1.01 bits per heavy atom. The predicted molar refractivity (Wildman–Crippen MR) is 299 cm³/mol. The van der Waals surface area contributed by atoms with Crippen molar-refractivity contribution < 1.29 is 0 Å². The number of aromatic nitrogens is 18. The van der Waals surface area contributed by atoms with Gasteiger partial charge in [0.25, 0.3) is 0 Å². The summed E-state index contributed by atoms with van der Waals surface area (Å²) in [6.07, 6.45) is 17.8. The van der Waals surface area contributed by atoms with Crippen LogP contribution in [0.25, 0.3) is 0 Å². The molecule has 18 heteroatoms. The third kappa shape index (κ3) is 41.8. The van der Waals surface area contributed by atoms with Gasteiger partial charge in [-0.15, -0.1) is 35.7 Å². The van der Waals surface area contributed by atoms with Crippen molar-refractivity contribution in [3.63, 3.8) is 0 Å². The summed E-state index contributed by atoms with van der Waals surface area (Å²) >= 11 is 0. The molecule has 0 aromatic carbocycles. The zero-order chi connectivity index (χ0) is 57.7. The maximum Gasteiger partial charge on any atom is 0.156 e. The van der Waals surface area contributed by atoms with Crippen LogP contribution < -0.4 is 0 Å². The molecule has 0 saturated carbocycles. The van der Waals surface area contributed by atoms with E-state index in [-0.39, 0.29) is 32.5 Å². The van der Waals surface area contributed by atoms with Gasteiger partial charge < -0.3 is 0 Å². The molecule has 6 heterocycles. The number of nitrogens with zero attached hydrogens (tertiary/aromatic N) is 18. The minimum absolute atomic E-state index is 0.00819. The van der Waals surface area contributed by atoms with Crippen LogP contribution in [-0.2, 0) is 32.5 Å². The molecular weight excluding hydrogens is 901 g/mol. The Bertz CT molecular complexity index is 1590. The Labute approximate surface area is 439 Å². The highest BCUT2D eigenvalue weighted by Gasteiger charge is 2.18. The molecule has 6 rings (SSSR count). The largest absolute Gasteiger partial charge is 0.241 e. The molecule has 0 unspecified atom stereocenters. The van der Waals surface area contributed by atoms with Crippen LogP contribution in [0.3, 0.4) is 0 Å². The summed E-state index contributed by atoms with van der Waals surface area (Å²) in [6, 6.07) is 1.88. The molecular formula is C54H102N18. The van der Waals surface area contributed by atoms with Crippen molar-refractivity contribution in [1.29, 1.82) is 0 Å². The van der Waals surface area contributed by atoms with Crippen LogP contribution in [0.5, 0.6) is 0 Å². The third-order valence-electron chi connectivity index (χ3n) is 7.46. The fourth-order valence-corrected chi connectivity index (χ4v) is 3.70. The summed E-state index contributed by atoms with van der Waals surface area (Å²) in [7, 11) is 0. The first-order chi connectivity index (χ1) is 33.6. The first-order valence-corrected chi connectivity index (χ1v) is 25.4. The normalized spacial score (nSPS) is 10.1. The van der Waals surface area contributed by atoms with Crippen molar-refractivity contribution in [1.82, 2.24) is 91.3 Å². The Morgan fingerprint density at radius 1 is 0.278 bits per heavy atom. The molecule has 408 valence electrons. The highest BCUT2D eigenvalue weighted by molar-refractivity contribution is 5.13. The number of hydrogen-bond donors (Lipinski definition) is 0. The lowest BCUT2D eigenvalue weighted by molar-refractivity contribution is 0.533. The second-order valence-corrected chi connectivity index (χ2v) is 19.5. The highest BCUT2D eigenvalue weighted by Crippen LogP contribution is 2.20. The molecule has 0 radical (unpaired) electrons. The minimum Gasteiger partial charge on any atom is -0.241 e. The third-order valence-corrected chi connectivity index (χ3v) is 7.46. The van der Waals surface area contributed by atoms with Gasteiger partial charge in [-0.2, -0.15) is 15.3 Å².